The molecule has 2 aromatic carbocycles. The molecule has 2 unspecified atom stereocenters. The van der Waals surface area contributed by atoms with Crippen molar-refractivity contribution in [3.05, 3.63) is 53.8 Å². The van der Waals surface area contributed by atoms with E-state index in [1.807, 2.05) is 31.2 Å². The van der Waals surface area contributed by atoms with E-state index in [-0.39, 0.29) is 29.9 Å². The second-order valence-electron chi connectivity index (χ2n) is 6.57. The smallest absolute Gasteiger partial charge is 0.257 e. The van der Waals surface area contributed by atoms with Crippen LogP contribution in [0, 0.1) is 11.7 Å². The third kappa shape index (κ3) is 4.00. The number of ether oxygens (including phenoxy) is 1. The predicted octanol–water partition coefficient (Wildman–Crippen LogP) is 3.73. The van der Waals surface area contributed by atoms with Gasteiger partial charge in [0.2, 0.25) is 0 Å². The van der Waals surface area contributed by atoms with E-state index < -0.39 is 5.82 Å². The molecule has 0 aromatic heterocycles. The number of amides is 1. The third-order valence-electron chi connectivity index (χ3n) is 4.88. The minimum Gasteiger partial charge on any atom is -0.497 e. The van der Waals surface area contributed by atoms with Crippen molar-refractivity contribution in [2.45, 2.75) is 19.4 Å². The summed E-state index contributed by atoms with van der Waals surface area (Å²) in [5, 5.41) is 0. The minimum atomic E-state index is -0.498. The highest BCUT2D eigenvalue weighted by Crippen LogP contribution is 2.28. The molecule has 1 fully saturated rings. The van der Waals surface area contributed by atoms with Gasteiger partial charge in [-0.2, -0.15) is 0 Å². The molecule has 0 radical (unpaired) electrons. The third-order valence-corrected chi connectivity index (χ3v) is 4.88. The Hall–Kier alpha value is -2.11. The molecule has 1 aliphatic rings. The van der Waals surface area contributed by atoms with Crippen LogP contribution in [0.25, 0.3) is 11.1 Å². The number of nitrogens with two attached hydrogens (primary N) is 1. The molecular formula is C20H24ClFN2O2. The summed E-state index contributed by atoms with van der Waals surface area (Å²) in [6.07, 6.45) is 0.869. The van der Waals surface area contributed by atoms with Gasteiger partial charge in [-0.1, -0.05) is 18.2 Å². The topological polar surface area (TPSA) is 55.6 Å². The van der Waals surface area contributed by atoms with Gasteiger partial charge in [0.1, 0.15) is 11.6 Å². The van der Waals surface area contributed by atoms with E-state index in [0.29, 0.717) is 19.0 Å². The van der Waals surface area contributed by atoms with E-state index in [9.17, 15) is 9.18 Å². The van der Waals surface area contributed by atoms with Crippen LogP contribution in [0.15, 0.2) is 42.5 Å². The Kier molecular flexibility index (Phi) is 6.62. The number of nitrogens with zero attached hydrogens (tertiary/aromatic N) is 1. The SMILES string of the molecule is COc1ccc(-c2ccc(C(=O)N3CC(CN)CC3C)c(F)c2)cc1.Cl. The van der Waals surface area contributed by atoms with Crippen molar-refractivity contribution in [2.24, 2.45) is 11.7 Å². The molecule has 1 saturated heterocycles. The van der Waals surface area contributed by atoms with Crippen molar-refractivity contribution in [3.63, 3.8) is 0 Å². The summed E-state index contributed by atoms with van der Waals surface area (Å²) < 4.78 is 19.7. The Morgan fingerprint density at radius 3 is 2.42 bits per heavy atom. The van der Waals surface area contributed by atoms with Crippen LogP contribution in [0.3, 0.4) is 0 Å². The van der Waals surface area contributed by atoms with Crippen LogP contribution in [0.1, 0.15) is 23.7 Å². The largest absolute Gasteiger partial charge is 0.497 e. The zero-order valence-corrected chi connectivity index (χ0v) is 15.8. The molecular weight excluding hydrogens is 355 g/mol. The van der Waals surface area contributed by atoms with E-state index in [1.165, 1.54) is 6.07 Å². The molecule has 2 aromatic rings. The molecule has 0 spiro atoms. The van der Waals surface area contributed by atoms with Gasteiger partial charge < -0.3 is 15.4 Å². The van der Waals surface area contributed by atoms with E-state index in [0.717, 1.165) is 23.3 Å². The summed E-state index contributed by atoms with van der Waals surface area (Å²) in [6, 6.07) is 12.2. The molecule has 1 amide bonds. The summed E-state index contributed by atoms with van der Waals surface area (Å²) >= 11 is 0. The number of carbonyl (C=O) groups is 1. The number of hydrogen-bond donors (Lipinski definition) is 1. The Morgan fingerprint density at radius 2 is 1.88 bits per heavy atom. The standard InChI is InChI=1S/C20H23FN2O2.ClH/c1-13-9-14(11-22)12-23(13)20(24)18-8-5-16(10-19(18)21)15-3-6-17(25-2)7-4-15;/h3-8,10,13-14H,9,11-12,22H2,1-2H3;1H. The number of carbonyl (C=O) groups excluding carboxylic acids is 1. The lowest BCUT2D eigenvalue weighted by Gasteiger charge is -2.22. The summed E-state index contributed by atoms with van der Waals surface area (Å²) in [6.45, 7) is 3.13. The number of halogens is 2. The number of hydrogen-bond acceptors (Lipinski definition) is 3. The number of methoxy groups -OCH3 is 1. The van der Waals surface area contributed by atoms with Crippen molar-refractivity contribution in [1.29, 1.82) is 0 Å². The molecule has 0 aliphatic carbocycles. The van der Waals surface area contributed by atoms with Crippen LogP contribution in [-0.4, -0.2) is 37.0 Å². The average Bonchev–Trinajstić information content (AvgIpc) is 3.02. The van der Waals surface area contributed by atoms with Gasteiger partial charge in [-0.05, 0) is 61.2 Å². The van der Waals surface area contributed by atoms with E-state index in [2.05, 4.69) is 0 Å². The first-order chi connectivity index (χ1) is 12.0. The van der Waals surface area contributed by atoms with Crippen LogP contribution in [0.5, 0.6) is 5.75 Å². The molecule has 1 heterocycles. The maximum atomic E-state index is 14.6. The van der Waals surface area contributed by atoms with Gasteiger partial charge >= 0.3 is 0 Å². The fourth-order valence-corrected chi connectivity index (χ4v) is 3.40. The van der Waals surface area contributed by atoms with Crippen molar-refractivity contribution in [2.75, 3.05) is 20.2 Å². The van der Waals surface area contributed by atoms with Gasteiger partial charge in [0.05, 0.1) is 12.7 Å². The first kappa shape index (κ1) is 20.2. The van der Waals surface area contributed by atoms with Crippen LogP contribution in [0.4, 0.5) is 4.39 Å². The first-order valence-corrected chi connectivity index (χ1v) is 8.48. The van der Waals surface area contributed by atoms with Gasteiger partial charge in [-0.3, -0.25) is 4.79 Å². The van der Waals surface area contributed by atoms with Crippen molar-refractivity contribution in [3.8, 4) is 16.9 Å². The molecule has 1 aliphatic heterocycles. The summed E-state index contributed by atoms with van der Waals surface area (Å²) in [5.41, 5.74) is 7.42. The lowest BCUT2D eigenvalue weighted by atomic mass is 10.0. The lowest BCUT2D eigenvalue weighted by molar-refractivity contribution is 0.0739. The second kappa shape index (κ2) is 8.52. The number of benzene rings is 2. The second-order valence-corrected chi connectivity index (χ2v) is 6.57. The summed E-state index contributed by atoms with van der Waals surface area (Å²) in [4.78, 5) is 14.4. The highest BCUT2D eigenvalue weighted by Gasteiger charge is 2.33. The van der Waals surface area contributed by atoms with Crippen LogP contribution >= 0.6 is 12.4 Å². The molecule has 2 atom stereocenters. The lowest BCUT2D eigenvalue weighted by Crippen LogP contribution is -2.35. The predicted molar refractivity (Wildman–Crippen MR) is 103 cm³/mol. The van der Waals surface area contributed by atoms with Crippen LogP contribution < -0.4 is 10.5 Å². The molecule has 3 rings (SSSR count). The molecule has 0 bridgehead atoms. The zero-order chi connectivity index (χ0) is 18.0. The molecule has 4 nitrogen and oxygen atoms in total. The molecule has 140 valence electrons. The normalized spacial score (nSPS) is 19.2. The van der Waals surface area contributed by atoms with E-state index in [4.69, 9.17) is 10.5 Å². The maximum absolute atomic E-state index is 14.6. The van der Waals surface area contributed by atoms with Gasteiger partial charge in [-0.15, -0.1) is 12.4 Å². The maximum Gasteiger partial charge on any atom is 0.257 e. The quantitative estimate of drug-likeness (QED) is 0.881. The fraction of sp³-hybridized carbons (Fsp3) is 0.350. The summed E-state index contributed by atoms with van der Waals surface area (Å²) in [5.74, 6) is 0.276. The molecule has 2 N–H and O–H groups in total. The van der Waals surface area contributed by atoms with Gasteiger partial charge in [0.15, 0.2) is 0 Å². The van der Waals surface area contributed by atoms with Crippen molar-refractivity contribution in [1.82, 2.24) is 4.90 Å². The number of likely N-dealkylation sites (tertiary alicyclic amines) is 1. The monoisotopic (exact) mass is 378 g/mol. The van der Waals surface area contributed by atoms with Gasteiger partial charge in [0, 0.05) is 12.6 Å². The van der Waals surface area contributed by atoms with Gasteiger partial charge in [0.25, 0.3) is 5.91 Å². The fourth-order valence-electron chi connectivity index (χ4n) is 3.40. The number of rotatable bonds is 4. The summed E-state index contributed by atoms with van der Waals surface area (Å²) in [7, 11) is 1.60. The highest BCUT2D eigenvalue weighted by molar-refractivity contribution is 5.95. The van der Waals surface area contributed by atoms with Crippen molar-refractivity contribution >= 4 is 18.3 Å². The Balaban J connectivity index is 0.00000243. The Morgan fingerprint density at radius 1 is 1.23 bits per heavy atom. The van der Waals surface area contributed by atoms with Crippen LogP contribution in [0.2, 0.25) is 0 Å². The molecule has 6 heteroatoms. The zero-order valence-electron chi connectivity index (χ0n) is 14.9. The highest BCUT2D eigenvalue weighted by atomic mass is 35.5. The van der Waals surface area contributed by atoms with E-state index in [1.54, 1.807) is 24.1 Å². The van der Waals surface area contributed by atoms with Crippen molar-refractivity contribution < 1.29 is 13.9 Å². The average molecular weight is 379 g/mol. The van der Waals surface area contributed by atoms with E-state index >= 15 is 0 Å². The Labute approximate surface area is 159 Å². The Bertz CT molecular complexity index is 767. The minimum absolute atomic E-state index is 0. The van der Waals surface area contributed by atoms with Crippen LogP contribution in [-0.2, 0) is 0 Å². The molecule has 26 heavy (non-hydrogen) atoms. The van der Waals surface area contributed by atoms with Gasteiger partial charge in [-0.25, -0.2) is 4.39 Å². The molecule has 0 saturated carbocycles. The first-order valence-electron chi connectivity index (χ1n) is 8.48.